The monoisotopic (exact) mass is 414 g/mol. The second-order valence-corrected chi connectivity index (χ2v) is 6.75. The second-order valence-electron chi connectivity index (χ2n) is 6.75. The number of ether oxygens (including phenoxy) is 2. The van der Waals surface area contributed by atoms with Crippen LogP contribution in [0.15, 0.2) is 89.1 Å². The van der Waals surface area contributed by atoms with Gasteiger partial charge in [0.1, 0.15) is 41.3 Å². The van der Waals surface area contributed by atoms with Crippen molar-refractivity contribution in [3.05, 3.63) is 84.9 Å². The number of hydrogen-bond donors (Lipinski definition) is 1. The first-order valence-electron chi connectivity index (χ1n) is 9.65. The molecule has 0 spiro atoms. The molecule has 0 aliphatic carbocycles. The second kappa shape index (κ2) is 8.19. The van der Waals surface area contributed by atoms with Crippen molar-refractivity contribution >= 4 is 16.5 Å². The first kappa shape index (κ1) is 18.7. The summed E-state index contributed by atoms with van der Waals surface area (Å²) >= 11 is 0. The van der Waals surface area contributed by atoms with Crippen molar-refractivity contribution in [2.45, 2.75) is 0 Å². The normalized spacial score (nSPS) is 11.8. The van der Waals surface area contributed by atoms with Gasteiger partial charge in [-0.1, -0.05) is 5.16 Å². The molecule has 31 heavy (non-hydrogen) atoms. The maximum absolute atomic E-state index is 9.57. The van der Waals surface area contributed by atoms with Gasteiger partial charge in [0.05, 0.1) is 11.7 Å². The first-order chi connectivity index (χ1) is 15.3. The lowest BCUT2D eigenvalue weighted by molar-refractivity contribution is 0.217. The number of fused-ring (bicyclic) bond motifs is 2. The Morgan fingerprint density at radius 2 is 1.81 bits per heavy atom. The molecule has 154 valence electrons. The molecule has 8 heteroatoms. The minimum absolute atomic E-state index is 0.357. The van der Waals surface area contributed by atoms with Gasteiger partial charge in [0, 0.05) is 30.2 Å². The van der Waals surface area contributed by atoms with Gasteiger partial charge >= 0.3 is 0 Å². The molecule has 0 saturated carbocycles. The Hall–Kier alpha value is -4.33. The molecule has 0 unspecified atom stereocenters. The number of pyridine rings is 1. The van der Waals surface area contributed by atoms with Gasteiger partial charge in [-0.05, 0) is 48.5 Å². The van der Waals surface area contributed by atoms with Gasteiger partial charge in [0.2, 0.25) is 0 Å². The molecule has 4 aromatic heterocycles. The lowest BCUT2D eigenvalue weighted by atomic mass is 10.2. The van der Waals surface area contributed by atoms with E-state index in [9.17, 15) is 5.21 Å². The van der Waals surface area contributed by atoms with Crippen LogP contribution < -0.4 is 14.8 Å². The average Bonchev–Trinajstić information content (AvgIpc) is 3.30. The van der Waals surface area contributed by atoms with E-state index in [1.807, 2.05) is 28.8 Å². The van der Waals surface area contributed by atoms with Gasteiger partial charge in [0.25, 0.3) is 0 Å². The molecule has 0 fully saturated rings. The average molecular weight is 414 g/mol. The van der Waals surface area contributed by atoms with Crippen molar-refractivity contribution in [1.29, 1.82) is 0 Å². The molecule has 0 amide bonds. The SMILES string of the molecule is O/N=c1/cc(-c2cc3cccn3cn2)oc2ccc(OCCOc3ccncc3)cc12. The third-order valence-corrected chi connectivity index (χ3v) is 4.76. The number of benzene rings is 1. The molecule has 5 rings (SSSR count). The molecule has 1 N–H and O–H groups in total. The number of hydrogen-bond acceptors (Lipinski definition) is 7. The Kier molecular flexibility index (Phi) is 4.94. The molecule has 0 atom stereocenters. The number of aromatic nitrogens is 3. The van der Waals surface area contributed by atoms with Crippen LogP contribution >= 0.6 is 0 Å². The summed E-state index contributed by atoms with van der Waals surface area (Å²) in [5.41, 5.74) is 2.19. The summed E-state index contributed by atoms with van der Waals surface area (Å²) in [6.45, 7) is 0.742. The highest BCUT2D eigenvalue weighted by Crippen LogP contribution is 2.24. The Bertz CT molecular complexity index is 1410. The molecule has 0 aliphatic rings. The fourth-order valence-corrected chi connectivity index (χ4v) is 3.27. The van der Waals surface area contributed by atoms with Crippen LogP contribution in [-0.2, 0) is 0 Å². The fraction of sp³-hybridized carbons (Fsp3) is 0.0870. The van der Waals surface area contributed by atoms with Crippen LogP contribution in [-0.4, -0.2) is 32.8 Å². The summed E-state index contributed by atoms with van der Waals surface area (Å²) in [7, 11) is 0. The highest BCUT2D eigenvalue weighted by atomic mass is 16.5. The van der Waals surface area contributed by atoms with Gasteiger partial charge in [-0.3, -0.25) is 4.98 Å². The third kappa shape index (κ3) is 3.91. The minimum atomic E-state index is 0.357. The Labute approximate surface area is 176 Å². The zero-order valence-corrected chi connectivity index (χ0v) is 16.4. The molecule has 8 nitrogen and oxygen atoms in total. The quantitative estimate of drug-likeness (QED) is 0.257. The largest absolute Gasteiger partial charge is 0.490 e. The van der Waals surface area contributed by atoms with Gasteiger partial charge in [0.15, 0.2) is 5.76 Å². The van der Waals surface area contributed by atoms with E-state index in [1.165, 1.54) is 0 Å². The molecule has 5 aromatic rings. The van der Waals surface area contributed by atoms with Crippen LogP contribution in [0.25, 0.3) is 27.9 Å². The van der Waals surface area contributed by atoms with E-state index in [1.54, 1.807) is 55.1 Å². The summed E-state index contributed by atoms with van der Waals surface area (Å²) in [6.07, 6.45) is 6.97. The van der Waals surface area contributed by atoms with Crippen molar-refractivity contribution in [1.82, 2.24) is 14.4 Å². The molecule has 0 saturated heterocycles. The summed E-state index contributed by atoms with van der Waals surface area (Å²) in [4.78, 5) is 8.38. The maximum Gasteiger partial charge on any atom is 0.155 e. The van der Waals surface area contributed by atoms with Crippen molar-refractivity contribution in [2.75, 3.05) is 13.2 Å². The summed E-state index contributed by atoms with van der Waals surface area (Å²) in [5, 5.41) is 14.0. The Morgan fingerprint density at radius 3 is 2.65 bits per heavy atom. The molecule has 0 aliphatic heterocycles. The van der Waals surface area contributed by atoms with Crippen molar-refractivity contribution in [3.63, 3.8) is 0 Å². The van der Waals surface area contributed by atoms with Crippen molar-refractivity contribution in [2.24, 2.45) is 5.16 Å². The van der Waals surface area contributed by atoms with Crippen molar-refractivity contribution in [3.8, 4) is 23.0 Å². The summed E-state index contributed by atoms with van der Waals surface area (Å²) in [5.74, 6) is 1.85. The predicted octanol–water partition coefficient (Wildman–Crippen LogP) is 3.89. The van der Waals surface area contributed by atoms with Crippen LogP contribution in [0.2, 0.25) is 0 Å². The standard InChI is InChI=1S/C23H18N4O4/c28-26-20-14-23(21-12-16-2-1-9-27(16)15-25-21)31-22-4-3-18(13-19(20)22)30-11-10-29-17-5-7-24-8-6-17/h1-9,12-15,28H,10-11H2/b26-20-. The lowest BCUT2D eigenvalue weighted by Gasteiger charge is -2.09. The molecule has 1 aromatic carbocycles. The zero-order chi connectivity index (χ0) is 21.0. The Morgan fingerprint density at radius 1 is 0.968 bits per heavy atom. The Balaban J connectivity index is 1.38. The van der Waals surface area contributed by atoms with Gasteiger partial charge in [-0.15, -0.1) is 0 Å². The predicted molar refractivity (Wildman–Crippen MR) is 113 cm³/mol. The van der Waals surface area contributed by atoms with Crippen LogP contribution in [0.4, 0.5) is 0 Å². The van der Waals surface area contributed by atoms with Crippen LogP contribution in [0.3, 0.4) is 0 Å². The maximum atomic E-state index is 9.57. The van der Waals surface area contributed by atoms with Crippen LogP contribution in [0.5, 0.6) is 11.5 Å². The van der Waals surface area contributed by atoms with Gasteiger partial charge in [-0.2, -0.15) is 0 Å². The number of rotatable bonds is 6. The molecular formula is C23H18N4O4. The van der Waals surface area contributed by atoms with Gasteiger partial charge in [-0.25, -0.2) is 4.98 Å². The minimum Gasteiger partial charge on any atom is -0.490 e. The van der Waals surface area contributed by atoms with Crippen LogP contribution in [0, 0.1) is 0 Å². The van der Waals surface area contributed by atoms with E-state index in [0.717, 1.165) is 11.3 Å². The van der Waals surface area contributed by atoms with Gasteiger partial charge < -0.3 is 23.5 Å². The molecule has 0 bridgehead atoms. The molecule has 0 radical (unpaired) electrons. The molecular weight excluding hydrogens is 396 g/mol. The van der Waals surface area contributed by atoms with E-state index in [4.69, 9.17) is 13.9 Å². The molecule has 4 heterocycles. The highest BCUT2D eigenvalue weighted by molar-refractivity contribution is 5.80. The van der Waals surface area contributed by atoms with E-state index >= 15 is 0 Å². The summed E-state index contributed by atoms with van der Waals surface area (Å²) < 4.78 is 19.3. The zero-order valence-electron chi connectivity index (χ0n) is 16.4. The lowest BCUT2D eigenvalue weighted by Crippen LogP contribution is -2.09. The smallest absolute Gasteiger partial charge is 0.155 e. The van der Waals surface area contributed by atoms with E-state index < -0.39 is 0 Å². The van der Waals surface area contributed by atoms with E-state index in [0.29, 0.717) is 46.7 Å². The fourth-order valence-electron chi connectivity index (χ4n) is 3.27. The van der Waals surface area contributed by atoms with E-state index in [2.05, 4.69) is 15.1 Å². The topological polar surface area (TPSA) is 94.4 Å². The number of nitrogens with zero attached hydrogens (tertiary/aromatic N) is 4. The third-order valence-electron chi connectivity index (χ3n) is 4.76. The van der Waals surface area contributed by atoms with Crippen LogP contribution in [0.1, 0.15) is 0 Å². The van der Waals surface area contributed by atoms with Crippen molar-refractivity contribution < 1.29 is 19.1 Å². The first-order valence-corrected chi connectivity index (χ1v) is 9.65. The highest BCUT2D eigenvalue weighted by Gasteiger charge is 2.10. The summed E-state index contributed by atoms with van der Waals surface area (Å²) in [6, 6.07) is 16.4. The van der Waals surface area contributed by atoms with E-state index in [-0.39, 0.29) is 0 Å².